The van der Waals surface area contributed by atoms with Gasteiger partial charge in [-0.3, -0.25) is 9.69 Å². The average Bonchev–Trinajstić information content (AvgIpc) is 2.96. The van der Waals surface area contributed by atoms with Crippen molar-refractivity contribution in [1.29, 1.82) is 0 Å². The van der Waals surface area contributed by atoms with Crippen molar-refractivity contribution in [2.45, 2.75) is 33.2 Å². The lowest BCUT2D eigenvalue weighted by molar-refractivity contribution is -0.133. The molecular formula is C19H27N3OS. The van der Waals surface area contributed by atoms with E-state index in [4.69, 9.17) is 4.98 Å². The monoisotopic (exact) mass is 345 g/mol. The third-order valence-corrected chi connectivity index (χ3v) is 6.15. The summed E-state index contributed by atoms with van der Waals surface area (Å²) in [6.07, 6.45) is 1.27. The first-order chi connectivity index (χ1) is 11.4. The quantitative estimate of drug-likeness (QED) is 0.846. The number of carbonyl (C=O) groups is 1. The highest BCUT2D eigenvalue weighted by Gasteiger charge is 2.26. The van der Waals surface area contributed by atoms with Crippen LogP contribution in [0.25, 0.3) is 10.2 Å². The Balaban J connectivity index is 1.66. The van der Waals surface area contributed by atoms with Crippen molar-refractivity contribution >= 4 is 27.5 Å². The highest BCUT2D eigenvalue weighted by molar-refractivity contribution is 7.18. The second kappa shape index (κ2) is 7.19. The maximum atomic E-state index is 12.7. The van der Waals surface area contributed by atoms with E-state index in [-0.39, 0.29) is 11.9 Å². The van der Waals surface area contributed by atoms with E-state index in [0.717, 1.165) is 23.6 Å². The Morgan fingerprint density at radius 1 is 1.33 bits per heavy atom. The van der Waals surface area contributed by atoms with E-state index in [1.54, 1.807) is 11.3 Å². The number of thiazole rings is 1. The molecule has 1 amide bonds. The molecule has 0 unspecified atom stereocenters. The maximum absolute atomic E-state index is 12.7. The van der Waals surface area contributed by atoms with E-state index in [2.05, 4.69) is 31.7 Å². The van der Waals surface area contributed by atoms with E-state index < -0.39 is 0 Å². The number of rotatable bonds is 4. The number of hydrogen-bond acceptors (Lipinski definition) is 4. The summed E-state index contributed by atoms with van der Waals surface area (Å²) in [6.45, 7) is 9.19. The molecule has 1 aliphatic heterocycles. The van der Waals surface area contributed by atoms with Gasteiger partial charge in [-0.2, -0.15) is 0 Å². The van der Waals surface area contributed by atoms with Crippen LogP contribution in [-0.2, 0) is 4.79 Å². The molecule has 2 heterocycles. The zero-order valence-electron chi connectivity index (χ0n) is 15.0. The summed E-state index contributed by atoms with van der Waals surface area (Å²) in [5.41, 5.74) is 1.02. The van der Waals surface area contributed by atoms with Gasteiger partial charge < -0.3 is 4.90 Å². The van der Waals surface area contributed by atoms with Crippen molar-refractivity contribution in [3.63, 3.8) is 0 Å². The molecule has 1 aromatic carbocycles. The van der Waals surface area contributed by atoms with Crippen LogP contribution in [0.15, 0.2) is 24.3 Å². The number of fused-ring (bicyclic) bond motifs is 1. The van der Waals surface area contributed by atoms with Crippen molar-refractivity contribution in [3.05, 3.63) is 29.3 Å². The molecule has 5 heteroatoms. The number of amides is 1. The number of likely N-dealkylation sites (N-methyl/N-ethyl adjacent to an activating group) is 1. The van der Waals surface area contributed by atoms with E-state index >= 15 is 0 Å². The molecule has 1 fully saturated rings. The normalized spacial score (nSPS) is 23.3. The Morgan fingerprint density at radius 3 is 2.67 bits per heavy atom. The standard InChI is InChI=1S/C19H27N3OS/c1-13-9-14(2)11-22(10-13)12-18(23)21(4)15(3)19-20-16-7-5-6-8-17(16)24-19/h5-8,13-15H,9-12H2,1-4H3/t13-,14-,15-/m0/s1. The number of piperidine rings is 1. The van der Waals surface area contributed by atoms with Gasteiger partial charge in [-0.1, -0.05) is 26.0 Å². The van der Waals surface area contributed by atoms with Crippen LogP contribution in [0.1, 0.15) is 38.2 Å². The van der Waals surface area contributed by atoms with Gasteiger partial charge in [-0.15, -0.1) is 11.3 Å². The summed E-state index contributed by atoms with van der Waals surface area (Å²) in [5.74, 6) is 1.53. The molecule has 3 atom stereocenters. The van der Waals surface area contributed by atoms with Crippen LogP contribution in [0.5, 0.6) is 0 Å². The smallest absolute Gasteiger partial charge is 0.237 e. The van der Waals surface area contributed by atoms with Crippen LogP contribution in [0, 0.1) is 11.8 Å². The Bertz CT molecular complexity index is 670. The highest BCUT2D eigenvalue weighted by Crippen LogP contribution is 2.29. The number of benzene rings is 1. The van der Waals surface area contributed by atoms with E-state index in [9.17, 15) is 4.79 Å². The third kappa shape index (κ3) is 3.78. The molecule has 0 spiro atoms. The first kappa shape index (κ1) is 17.4. The maximum Gasteiger partial charge on any atom is 0.237 e. The van der Waals surface area contributed by atoms with E-state index in [1.165, 1.54) is 11.1 Å². The molecule has 3 rings (SSSR count). The fourth-order valence-corrected chi connectivity index (χ4v) is 4.74. The predicted octanol–water partition coefficient (Wildman–Crippen LogP) is 3.79. The molecule has 1 aromatic heterocycles. The first-order valence-corrected chi connectivity index (χ1v) is 9.59. The lowest BCUT2D eigenvalue weighted by atomic mass is 9.92. The number of likely N-dealkylation sites (tertiary alicyclic amines) is 1. The van der Waals surface area contributed by atoms with Crippen LogP contribution in [0.4, 0.5) is 0 Å². The molecule has 0 saturated carbocycles. The van der Waals surface area contributed by atoms with Crippen LogP contribution in [0.2, 0.25) is 0 Å². The van der Waals surface area contributed by atoms with Gasteiger partial charge in [0.2, 0.25) is 5.91 Å². The fourth-order valence-electron chi connectivity index (χ4n) is 3.67. The lowest BCUT2D eigenvalue weighted by Gasteiger charge is -2.35. The summed E-state index contributed by atoms with van der Waals surface area (Å²) in [6, 6.07) is 8.16. The van der Waals surface area contributed by atoms with Crippen LogP contribution >= 0.6 is 11.3 Å². The fraction of sp³-hybridized carbons (Fsp3) is 0.579. The van der Waals surface area contributed by atoms with Gasteiger partial charge in [0.1, 0.15) is 5.01 Å². The molecule has 0 aliphatic carbocycles. The Hall–Kier alpha value is -1.46. The zero-order chi connectivity index (χ0) is 17.3. The summed E-state index contributed by atoms with van der Waals surface area (Å²) < 4.78 is 1.18. The minimum absolute atomic E-state index is 0.00883. The largest absolute Gasteiger partial charge is 0.335 e. The summed E-state index contributed by atoms with van der Waals surface area (Å²) in [7, 11) is 1.90. The minimum Gasteiger partial charge on any atom is -0.335 e. The second-order valence-electron chi connectivity index (χ2n) is 7.34. The Labute approximate surface area is 148 Å². The molecule has 0 bridgehead atoms. The molecule has 2 aromatic rings. The summed E-state index contributed by atoms with van der Waals surface area (Å²) >= 11 is 1.68. The molecular weight excluding hydrogens is 318 g/mol. The van der Waals surface area contributed by atoms with E-state index in [0.29, 0.717) is 18.4 Å². The molecule has 0 N–H and O–H groups in total. The van der Waals surface area contributed by atoms with Crippen molar-refractivity contribution < 1.29 is 4.79 Å². The number of aromatic nitrogens is 1. The van der Waals surface area contributed by atoms with Crippen molar-refractivity contribution in [1.82, 2.24) is 14.8 Å². The number of para-hydroxylation sites is 1. The third-order valence-electron chi connectivity index (χ3n) is 4.95. The highest BCUT2D eigenvalue weighted by atomic mass is 32.1. The van der Waals surface area contributed by atoms with Gasteiger partial charge in [0, 0.05) is 20.1 Å². The number of carbonyl (C=O) groups excluding carboxylic acids is 1. The van der Waals surface area contributed by atoms with Gasteiger partial charge in [0.15, 0.2) is 0 Å². The number of nitrogens with zero attached hydrogens (tertiary/aromatic N) is 3. The molecule has 130 valence electrons. The van der Waals surface area contributed by atoms with Gasteiger partial charge >= 0.3 is 0 Å². The second-order valence-corrected chi connectivity index (χ2v) is 8.40. The number of hydrogen-bond donors (Lipinski definition) is 0. The van der Waals surface area contributed by atoms with Gasteiger partial charge in [-0.25, -0.2) is 4.98 Å². The minimum atomic E-state index is 0.00883. The van der Waals surface area contributed by atoms with Gasteiger partial charge in [-0.05, 0) is 37.3 Å². The van der Waals surface area contributed by atoms with Crippen molar-refractivity contribution in [2.75, 3.05) is 26.7 Å². The SMILES string of the molecule is C[C@H]1C[C@H](C)CN(CC(=O)N(C)[C@@H](C)c2nc3ccccc3s2)C1. The molecule has 0 radical (unpaired) electrons. The van der Waals surface area contributed by atoms with Crippen LogP contribution in [-0.4, -0.2) is 47.4 Å². The molecule has 1 aliphatic rings. The topological polar surface area (TPSA) is 36.4 Å². The lowest BCUT2D eigenvalue weighted by Crippen LogP contribution is -2.45. The molecule has 24 heavy (non-hydrogen) atoms. The molecule has 1 saturated heterocycles. The summed E-state index contributed by atoms with van der Waals surface area (Å²) in [5, 5.41) is 1.01. The zero-order valence-corrected chi connectivity index (χ0v) is 15.8. The predicted molar refractivity (Wildman–Crippen MR) is 100 cm³/mol. The Morgan fingerprint density at radius 2 is 2.00 bits per heavy atom. The van der Waals surface area contributed by atoms with Crippen LogP contribution < -0.4 is 0 Å². The first-order valence-electron chi connectivity index (χ1n) is 8.77. The van der Waals surface area contributed by atoms with Crippen molar-refractivity contribution in [3.8, 4) is 0 Å². The molecule has 4 nitrogen and oxygen atoms in total. The van der Waals surface area contributed by atoms with Gasteiger partial charge in [0.05, 0.1) is 22.8 Å². The van der Waals surface area contributed by atoms with Crippen LogP contribution in [0.3, 0.4) is 0 Å². The van der Waals surface area contributed by atoms with Crippen molar-refractivity contribution in [2.24, 2.45) is 11.8 Å². The van der Waals surface area contributed by atoms with E-state index in [1.807, 2.05) is 30.1 Å². The van der Waals surface area contributed by atoms with Gasteiger partial charge in [0.25, 0.3) is 0 Å². The Kier molecular flexibility index (Phi) is 5.21. The average molecular weight is 346 g/mol. The summed E-state index contributed by atoms with van der Waals surface area (Å²) in [4.78, 5) is 21.6.